The van der Waals surface area contributed by atoms with Gasteiger partial charge in [0.15, 0.2) is 0 Å². The number of nitrogens with zero attached hydrogens (tertiary/aromatic N) is 1. The summed E-state index contributed by atoms with van der Waals surface area (Å²) in [5, 5.41) is 12.1. The fourth-order valence-corrected chi connectivity index (χ4v) is 1.71. The lowest BCUT2D eigenvalue weighted by Crippen LogP contribution is -2.22. The first kappa shape index (κ1) is 13.3. The topological polar surface area (TPSA) is 62.2 Å². The van der Waals surface area contributed by atoms with Crippen molar-refractivity contribution in [3.05, 3.63) is 58.6 Å². The number of pyridine rings is 1. The Morgan fingerprint density at radius 2 is 2.21 bits per heavy atom. The molecule has 1 aromatic carbocycles. The van der Waals surface area contributed by atoms with Crippen LogP contribution in [0, 0.1) is 5.82 Å². The van der Waals surface area contributed by atoms with E-state index in [0.29, 0.717) is 5.56 Å². The van der Waals surface area contributed by atoms with Crippen molar-refractivity contribution in [2.45, 2.75) is 6.54 Å². The van der Waals surface area contributed by atoms with Gasteiger partial charge in [0.1, 0.15) is 11.6 Å². The molecule has 0 aliphatic carbocycles. The molecule has 0 bridgehead atoms. The minimum atomic E-state index is -0.511. The minimum Gasteiger partial charge on any atom is -0.505 e. The van der Waals surface area contributed by atoms with E-state index in [1.165, 1.54) is 36.7 Å². The Labute approximate surface area is 113 Å². The molecule has 0 radical (unpaired) electrons. The molecule has 6 heteroatoms. The number of benzene rings is 1. The van der Waals surface area contributed by atoms with Crippen LogP contribution in [0.2, 0.25) is 5.02 Å². The molecule has 1 aromatic heterocycles. The Bertz CT molecular complexity index is 619. The number of amides is 1. The average molecular weight is 281 g/mol. The molecule has 19 heavy (non-hydrogen) atoms. The van der Waals surface area contributed by atoms with E-state index in [1.807, 2.05) is 0 Å². The second-order valence-electron chi connectivity index (χ2n) is 3.82. The molecule has 2 aromatic rings. The number of hydrogen-bond acceptors (Lipinski definition) is 3. The predicted octanol–water partition coefficient (Wildman–Crippen LogP) is 2.51. The largest absolute Gasteiger partial charge is 0.505 e. The zero-order valence-corrected chi connectivity index (χ0v) is 10.5. The van der Waals surface area contributed by atoms with Crippen LogP contribution in [-0.2, 0) is 6.54 Å². The van der Waals surface area contributed by atoms with Gasteiger partial charge in [0, 0.05) is 12.7 Å². The second-order valence-corrected chi connectivity index (χ2v) is 4.23. The van der Waals surface area contributed by atoms with Crippen LogP contribution < -0.4 is 5.32 Å². The first-order valence-electron chi connectivity index (χ1n) is 5.43. The Kier molecular flexibility index (Phi) is 3.97. The van der Waals surface area contributed by atoms with Gasteiger partial charge in [0.2, 0.25) is 0 Å². The van der Waals surface area contributed by atoms with Gasteiger partial charge in [-0.05, 0) is 23.8 Å². The number of halogens is 2. The summed E-state index contributed by atoms with van der Waals surface area (Å²) < 4.78 is 13.0. The second kappa shape index (κ2) is 5.67. The lowest BCUT2D eigenvalue weighted by molar-refractivity contribution is 0.0948. The quantitative estimate of drug-likeness (QED) is 0.908. The van der Waals surface area contributed by atoms with Crippen molar-refractivity contribution in [2.24, 2.45) is 0 Å². The van der Waals surface area contributed by atoms with Crippen molar-refractivity contribution >= 4 is 17.5 Å². The van der Waals surface area contributed by atoms with Crippen molar-refractivity contribution in [3.8, 4) is 5.75 Å². The van der Waals surface area contributed by atoms with Gasteiger partial charge in [-0.3, -0.25) is 9.78 Å². The number of aromatic nitrogens is 1. The molecule has 0 unspecified atom stereocenters. The summed E-state index contributed by atoms with van der Waals surface area (Å²) in [5.74, 6) is -1.15. The summed E-state index contributed by atoms with van der Waals surface area (Å²) in [4.78, 5) is 15.5. The van der Waals surface area contributed by atoms with Gasteiger partial charge in [0.25, 0.3) is 5.91 Å². The monoisotopic (exact) mass is 280 g/mol. The Morgan fingerprint density at radius 1 is 1.42 bits per heavy atom. The highest BCUT2D eigenvalue weighted by atomic mass is 35.5. The zero-order chi connectivity index (χ0) is 13.8. The first-order valence-corrected chi connectivity index (χ1v) is 5.81. The summed E-state index contributed by atoms with van der Waals surface area (Å²) in [5.41, 5.74) is 0.788. The molecule has 4 nitrogen and oxygen atoms in total. The van der Waals surface area contributed by atoms with E-state index in [9.17, 15) is 14.3 Å². The average Bonchev–Trinajstić information content (AvgIpc) is 2.40. The number of aromatic hydroxyl groups is 1. The summed E-state index contributed by atoms with van der Waals surface area (Å²) in [6.45, 7) is 0.181. The fraction of sp³-hybridized carbons (Fsp3) is 0.0769. The molecule has 1 heterocycles. The Morgan fingerprint density at radius 3 is 2.89 bits per heavy atom. The highest BCUT2D eigenvalue weighted by Crippen LogP contribution is 2.17. The van der Waals surface area contributed by atoms with E-state index in [4.69, 9.17) is 11.6 Å². The van der Waals surface area contributed by atoms with Gasteiger partial charge < -0.3 is 10.4 Å². The third-order valence-corrected chi connectivity index (χ3v) is 2.77. The molecule has 0 aliphatic rings. The lowest BCUT2D eigenvalue weighted by Gasteiger charge is -2.07. The van der Waals surface area contributed by atoms with Gasteiger partial charge >= 0.3 is 0 Å². The van der Waals surface area contributed by atoms with E-state index >= 15 is 0 Å². The van der Waals surface area contributed by atoms with Gasteiger partial charge in [0.05, 0.1) is 16.8 Å². The van der Waals surface area contributed by atoms with Crippen molar-refractivity contribution in [1.82, 2.24) is 10.3 Å². The van der Waals surface area contributed by atoms with Crippen LogP contribution in [0.1, 0.15) is 15.9 Å². The molecular formula is C13H10ClFN2O2. The smallest absolute Gasteiger partial charge is 0.255 e. The number of rotatable bonds is 3. The third-order valence-electron chi connectivity index (χ3n) is 2.48. The van der Waals surface area contributed by atoms with Gasteiger partial charge in [-0.25, -0.2) is 4.39 Å². The van der Waals surface area contributed by atoms with Crippen molar-refractivity contribution in [1.29, 1.82) is 0 Å². The van der Waals surface area contributed by atoms with Crippen molar-refractivity contribution in [2.75, 3.05) is 0 Å². The van der Waals surface area contributed by atoms with E-state index in [0.717, 1.165) is 0 Å². The van der Waals surface area contributed by atoms with Crippen LogP contribution in [0.15, 0.2) is 36.7 Å². The molecule has 0 spiro atoms. The maximum Gasteiger partial charge on any atom is 0.255 e. The number of carbonyl (C=O) groups is 1. The molecule has 98 valence electrons. The van der Waals surface area contributed by atoms with Crippen LogP contribution in [0.3, 0.4) is 0 Å². The summed E-state index contributed by atoms with van der Waals surface area (Å²) >= 11 is 5.64. The van der Waals surface area contributed by atoms with Crippen LogP contribution in [0.5, 0.6) is 5.75 Å². The van der Waals surface area contributed by atoms with Crippen LogP contribution in [0.25, 0.3) is 0 Å². The van der Waals surface area contributed by atoms with Crippen molar-refractivity contribution < 1.29 is 14.3 Å². The van der Waals surface area contributed by atoms with Gasteiger partial charge in [-0.15, -0.1) is 0 Å². The maximum atomic E-state index is 13.0. The predicted molar refractivity (Wildman–Crippen MR) is 68.5 cm³/mol. The third kappa shape index (κ3) is 3.20. The summed E-state index contributed by atoms with van der Waals surface area (Å²) in [7, 11) is 0. The molecule has 2 N–H and O–H groups in total. The normalized spacial score (nSPS) is 10.2. The first-order chi connectivity index (χ1) is 9.08. The Balaban J connectivity index is 2.04. The molecule has 2 rings (SSSR count). The molecule has 0 fully saturated rings. The van der Waals surface area contributed by atoms with E-state index in [1.54, 1.807) is 0 Å². The number of carbonyl (C=O) groups excluding carboxylic acids is 1. The van der Waals surface area contributed by atoms with E-state index in [2.05, 4.69) is 10.3 Å². The Hall–Kier alpha value is -2.14. The molecule has 0 saturated carbocycles. The highest BCUT2D eigenvalue weighted by Gasteiger charge is 2.10. The van der Waals surface area contributed by atoms with Crippen LogP contribution >= 0.6 is 11.6 Å². The molecule has 0 saturated heterocycles. The molecular weight excluding hydrogens is 271 g/mol. The van der Waals surface area contributed by atoms with Crippen molar-refractivity contribution in [3.63, 3.8) is 0 Å². The summed E-state index contributed by atoms with van der Waals surface area (Å²) in [6.07, 6.45) is 2.59. The minimum absolute atomic E-state index is 0.00138. The van der Waals surface area contributed by atoms with E-state index < -0.39 is 11.7 Å². The van der Waals surface area contributed by atoms with Gasteiger partial charge in [-0.1, -0.05) is 17.7 Å². The standard InChI is InChI=1S/C13H10ClFN2O2/c14-10-5-8(1-2-11(10)15)6-17-13(19)9-3-4-16-7-12(9)18/h1-5,7,18H,6H2,(H,17,19). The van der Waals surface area contributed by atoms with Crippen LogP contribution in [-0.4, -0.2) is 16.0 Å². The SMILES string of the molecule is O=C(NCc1ccc(F)c(Cl)c1)c1ccncc1O. The molecule has 1 amide bonds. The summed E-state index contributed by atoms with van der Waals surface area (Å²) in [6, 6.07) is 5.59. The highest BCUT2D eigenvalue weighted by molar-refractivity contribution is 6.30. The maximum absolute atomic E-state index is 13.0. The molecule has 0 aliphatic heterocycles. The lowest BCUT2D eigenvalue weighted by atomic mass is 10.2. The van der Waals surface area contributed by atoms with E-state index in [-0.39, 0.29) is 22.9 Å². The molecule has 0 atom stereocenters. The van der Waals surface area contributed by atoms with Gasteiger partial charge in [-0.2, -0.15) is 0 Å². The number of hydrogen-bond donors (Lipinski definition) is 2. The number of nitrogens with one attached hydrogen (secondary N) is 1. The zero-order valence-electron chi connectivity index (χ0n) is 9.73. The fourth-order valence-electron chi connectivity index (χ4n) is 1.51. The van der Waals surface area contributed by atoms with Crippen LogP contribution in [0.4, 0.5) is 4.39 Å².